The molecule has 1 aliphatic rings. The third-order valence-electron chi connectivity index (χ3n) is 6.85. The molecule has 4 aromatic rings. The standard InChI is InChI=1S/C27H33N7O2/c1-6-11-28-19-9-12-33(13-10-19)23-8-7-20(24-21(23)15-32(4)31-24)27(35)30-22-16-34-14-17(2)29-18(3)25(34)26(22)36-5/h6-8,14-16,19,28H,1,9-13H2,2-5H3,(H,30,35). The first kappa shape index (κ1) is 23.9. The van der Waals surface area contributed by atoms with Gasteiger partial charge in [-0.1, -0.05) is 6.08 Å². The lowest BCUT2D eigenvalue weighted by Gasteiger charge is -2.34. The summed E-state index contributed by atoms with van der Waals surface area (Å²) in [5.41, 5.74) is 5.49. The van der Waals surface area contributed by atoms with Gasteiger partial charge in [0.05, 0.1) is 24.1 Å². The highest BCUT2D eigenvalue weighted by atomic mass is 16.5. The molecule has 1 amide bonds. The lowest BCUT2D eigenvalue weighted by atomic mass is 10.0. The Hall–Kier alpha value is -3.85. The normalized spacial score (nSPS) is 14.5. The van der Waals surface area contributed by atoms with Crippen molar-refractivity contribution in [3.05, 3.63) is 60.3 Å². The van der Waals surface area contributed by atoms with Crippen LogP contribution in [0.5, 0.6) is 5.75 Å². The van der Waals surface area contributed by atoms with Crippen molar-refractivity contribution in [2.45, 2.75) is 32.7 Å². The van der Waals surface area contributed by atoms with Crippen LogP contribution in [0.4, 0.5) is 11.4 Å². The summed E-state index contributed by atoms with van der Waals surface area (Å²) < 4.78 is 9.38. The van der Waals surface area contributed by atoms with Gasteiger partial charge in [0.2, 0.25) is 0 Å². The third-order valence-corrected chi connectivity index (χ3v) is 6.85. The molecule has 4 heterocycles. The molecule has 0 saturated carbocycles. The second kappa shape index (κ2) is 9.66. The summed E-state index contributed by atoms with van der Waals surface area (Å²) in [6.07, 6.45) is 9.81. The lowest BCUT2D eigenvalue weighted by Crippen LogP contribution is -2.42. The van der Waals surface area contributed by atoms with Crippen LogP contribution < -0.4 is 20.3 Å². The summed E-state index contributed by atoms with van der Waals surface area (Å²) in [5.74, 6) is 0.365. The minimum atomic E-state index is -0.228. The number of fused-ring (bicyclic) bond motifs is 2. The molecule has 1 fully saturated rings. The highest BCUT2D eigenvalue weighted by molar-refractivity contribution is 6.14. The van der Waals surface area contributed by atoms with Crippen LogP contribution in [0.15, 0.2) is 43.4 Å². The van der Waals surface area contributed by atoms with E-state index in [1.165, 1.54) is 0 Å². The van der Waals surface area contributed by atoms with Crippen molar-refractivity contribution < 1.29 is 9.53 Å². The average Bonchev–Trinajstić information content (AvgIpc) is 3.41. The Morgan fingerprint density at radius 3 is 2.72 bits per heavy atom. The molecule has 9 heteroatoms. The number of hydrogen-bond acceptors (Lipinski definition) is 6. The van der Waals surface area contributed by atoms with Gasteiger partial charge in [0, 0.05) is 62.4 Å². The molecule has 0 radical (unpaired) electrons. The summed E-state index contributed by atoms with van der Waals surface area (Å²) >= 11 is 0. The number of carbonyl (C=O) groups is 1. The Morgan fingerprint density at radius 2 is 2.00 bits per heavy atom. The minimum absolute atomic E-state index is 0.228. The number of nitrogens with zero attached hydrogens (tertiary/aromatic N) is 5. The molecule has 188 valence electrons. The van der Waals surface area contributed by atoms with Crippen LogP contribution in [0.25, 0.3) is 16.4 Å². The zero-order chi connectivity index (χ0) is 25.4. The van der Waals surface area contributed by atoms with E-state index >= 15 is 0 Å². The van der Waals surface area contributed by atoms with E-state index in [1.54, 1.807) is 11.8 Å². The van der Waals surface area contributed by atoms with Gasteiger partial charge in [0.15, 0.2) is 5.75 Å². The predicted molar refractivity (Wildman–Crippen MR) is 143 cm³/mol. The zero-order valence-corrected chi connectivity index (χ0v) is 21.3. The van der Waals surface area contributed by atoms with E-state index < -0.39 is 0 Å². The molecule has 0 unspecified atom stereocenters. The van der Waals surface area contributed by atoms with Gasteiger partial charge >= 0.3 is 0 Å². The Balaban J connectivity index is 1.44. The fraction of sp³-hybridized carbons (Fsp3) is 0.370. The topological polar surface area (TPSA) is 88.7 Å². The van der Waals surface area contributed by atoms with Crippen LogP contribution in [0, 0.1) is 13.8 Å². The molecule has 2 N–H and O–H groups in total. The second-order valence-electron chi connectivity index (χ2n) is 9.41. The van der Waals surface area contributed by atoms with Gasteiger partial charge in [-0.3, -0.25) is 14.5 Å². The molecule has 3 aromatic heterocycles. The van der Waals surface area contributed by atoms with E-state index in [0.29, 0.717) is 28.6 Å². The Kier molecular flexibility index (Phi) is 6.40. The molecule has 0 bridgehead atoms. The monoisotopic (exact) mass is 487 g/mol. The van der Waals surface area contributed by atoms with E-state index in [0.717, 1.165) is 60.5 Å². The van der Waals surface area contributed by atoms with E-state index in [1.807, 2.05) is 62.1 Å². The number of benzene rings is 1. The summed E-state index contributed by atoms with van der Waals surface area (Å²) in [6.45, 7) is 10.4. The molecule has 36 heavy (non-hydrogen) atoms. The summed E-state index contributed by atoms with van der Waals surface area (Å²) in [6, 6.07) is 4.42. The smallest absolute Gasteiger partial charge is 0.258 e. The lowest BCUT2D eigenvalue weighted by molar-refractivity contribution is 0.102. The van der Waals surface area contributed by atoms with E-state index in [4.69, 9.17) is 4.74 Å². The summed E-state index contributed by atoms with van der Waals surface area (Å²) in [5, 5.41) is 12.2. The van der Waals surface area contributed by atoms with Crippen LogP contribution in [0.3, 0.4) is 0 Å². The highest BCUT2D eigenvalue weighted by Crippen LogP contribution is 2.35. The van der Waals surface area contributed by atoms with Crippen LogP contribution in [0.1, 0.15) is 34.6 Å². The number of hydrogen-bond donors (Lipinski definition) is 2. The minimum Gasteiger partial charge on any atom is -0.492 e. The Morgan fingerprint density at radius 1 is 1.22 bits per heavy atom. The summed E-state index contributed by atoms with van der Waals surface area (Å²) in [4.78, 5) is 20.4. The first-order chi connectivity index (χ1) is 17.4. The number of rotatable bonds is 7. The molecular formula is C27H33N7O2. The number of piperidine rings is 1. The van der Waals surface area contributed by atoms with Crippen LogP contribution in [0.2, 0.25) is 0 Å². The van der Waals surface area contributed by atoms with E-state index in [9.17, 15) is 4.79 Å². The molecule has 0 spiro atoms. The van der Waals surface area contributed by atoms with Gasteiger partial charge in [-0.2, -0.15) is 5.10 Å². The number of methoxy groups -OCH3 is 1. The first-order valence-corrected chi connectivity index (χ1v) is 12.3. The molecule has 0 atom stereocenters. The maximum Gasteiger partial charge on any atom is 0.258 e. The van der Waals surface area contributed by atoms with Crippen LogP contribution in [-0.4, -0.2) is 57.9 Å². The maximum absolute atomic E-state index is 13.5. The van der Waals surface area contributed by atoms with Crippen molar-refractivity contribution in [2.24, 2.45) is 7.05 Å². The number of aromatic nitrogens is 4. The van der Waals surface area contributed by atoms with E-state index in [2.05, 4.69) is 32.2 Å². The Bertz CT molecular complexity index is 1440. The van der Waals surface area contributed by atoms with Crippen molar-refractivity contribution in [2.75, 3.05) is 37.0 Å². The quantitative estimate of drug-likeness (QED) is 0.385. The second-order valence-corrected chi connectivity index (χ2v) is 9.41. The number of carbonyl (C=O) groups excluding carboxylic acids is 1. The fourth-order valence-corrected chi connectivity index (χ4v) is 5.23. The van der Waals surface area contributed by atoms with Crippen LogP contribution >= 0.6 is 0 Å². The predicted octanol–water partition coefficient (Wildman–Crippen LogP) is 3.84. The van der Waals surface area contributed by atoms with Crippen molar-refractivity contribution in [1.29, 1.82) is 0 Å². The first-order valence-electron chi connectivity index (χ1n) is 12.3. The number of anilines is 2. The molecule has 0 aliphatic carbocycles. The van der Waals surface area contributed by atoms with Crippen molar-refractivity contribution in [3.63, 3.8) is 0 Å². The van der Waals surface area contributed by atoms with Gasteiger partial charge < -0.3 is 24.7 Å². The van der Waals surface area contributed by atoms with Gasteiger partial charge in [0.25, 0.3) is 5.91 Å². The number of amides is 1. The molecule has 5 rings (SSSR count). The molecular weight excluding hydrogens is 454 g/mol. The average molecular weight is 488 g/mol. The molecule has 1 aromatic carbocycles. The number of aryl methyl sites for hydroxylation is 3. The van der Waals surface area contributed by atoms with Gasteiger partial charge in [-0.05, 0) is 38.8 Å². The number of nitrogens with one attached hydrogen (secondary N) is 2. The number of ether oxygens (including phenoxy) is 1. The summed E-state index contributed by atoms with van der Waals surface area (Å²) in [7, 11) is 3.49. The van der Waals surface area contributed by atoms with Crippen molar-refractivity contribution in [1.82, 2.24) is 24.5 Å². The zero-order valence-electron chi connectivity index (χ0n) is 21.3. The fourth-order valence-electron chi connectivity index (χ4n) is 5.23. The molecule has 1 aliphatic heterocycles. The maximum atomic E-state index is 13.5. The largest absolute Gasteiger partial charge is 0.492 e. The van der Waals surface area contributed by atoms with Crippen molar-refractivity contribution >= 4 is 33.7 Å². The van der Waals surface area contributed by atoms with Crippen LogP contribution in [-0.2, 0) is 7.05 Å². The SMILES string of the molecule is C=CCNC1CCN(c2ccc(C(=O)Nc3cn4cc(C)nc(C)c4c3OC)c3nn(C)cc23)CC1. The highest BCUT2D eigenvalue weighted by Gasteiger charge is 2.24. The molecule has 9 nitrogen and oxygen atoms in total. The van der Waals surface area contributed by atoms with Crippen molar-refractivity contribution in [3.8, 4) is 5.75 Å². The Labute approximate surface area is 210 Å². The molecule has 1 saturated heterocycles. The van der Waals surface area contributed by atoms with Gasteiger partial charge in [-0.15, -0.1) is 6.58 Å². The van der Waals surface area contributed by atoms with E-state index in [-0.39, 0.29) is 5.91 Å². The van der Waals surface area contributed by atoms with Gasteiger partial charge in [0.1, 0.15) is 16.7 Å². The van der Waals surface area contributed by atoms with Gasteiger partial charge in [-0.25, -0.2) is 0 Å². The third kappa shape index (κ3) is 4.30.